The van der Waals surface area contributed by atoms with E-state index in [0.717, 1.165) is 17.5 Å². The van der Waals surface area contributed by atoms with E-state index in [1.807, 2.05) is 26.8 Å². The molecule has 0 spiro atoms. The first-order valence-electron chi connectivity index (χ1n) is 8.34. The molecule has 0 aliphatic heterocycles. The lowest BCUT2D eigenvalue weighted by Crippen LogP contribution is -2.32. The van der Waals surface area contributed by atoms with Gasteiger partial charge in [0.15, 0.2) is 0 Å². The zero-order chi connectivity index (χ0) is 19.5. The van der Waals surface area contributed by atoms with Crippen LogP contribution in [0.2, 0.25) is 5.02 Å². The molecule has 1 amide bonds. The van der Waals surface area contributed by atoms with Gasteiger partial charge in [0, 0.05) is 11.6 Å². The molecule has 0 aliphatic rings. The summed E-state index contributed by atoms with van der Waals surface area (Å²) in [5, 5.41) is 3.15. The second kappa shape index (κ2) is 8.10. The molecule has 2 N–H and O–H groups in total. The number of benzene rings is 2. The smallest absolute Gasteiger partial charge is 0.261 e. The molecular formula is C19H23ClN2O3S. The van der Waals surface area contributed by atoms with E-state index >= 15 is 0 Å². The SMILES string of the molecule is CCC(C)NC(=O)c1cccc(S(=O)(=O)Nc2c(C)cc(C)cc2Cl)c1. The molecule has 0 aliphatic carbocycles. The number of rotatable bonds is 6. The molecule has 7 heteroatoms. The highest BCUT2D eigenvalue weighted by Gasteiger charge is 2.19. The molecule has 26 heavy (non-hydrogen) atoms. The standard InChI is InChI=1S/C19H23ClN2O3S/c1-5-14(4)21-19(23)15-7-6-8-16(11-15)26(24,25)22-18-13(3)9-12(2)10-17(18)20/h6-11,14,22H,5H2,1-4H3,(H,21,23). The van der Waals surface area contributed by atoms with E-state index in [2.05, 4.69) is 10.0 Å². The maximum absolute atomic E-state index is 12.7. The lowest BCUT2D eigenvalue weighted by atomic mass is 10.1. The van der Waals surface area contributed by atoms with Gasteiger partial charge in [0.25, 0.3) is 15.9 Å². The first-order chi connectivity index (χ1) is 12.1. The third kappa shape index (κ3) is 4.77. The number of amides is 1. The number of anilines is 1. The summed E-state index contributed by atoms with van der Waals surface area (Å²) >= 11 is 6.19. The van der Waals surface area contributed by atoms with Gasteiger partial charge in [0.1, 0.15) is 0 Å². The van der Waals surface area contributed by atoms with Crippen LogP contribution in [0.4, 0.5) is 5.69 Å². The minimum absolute atomic E-state index is 0.00495. The molecule has 140 valence electrons. The Morgan fingerprint density at radius 2 is 1.88 bits per heavy atom. The van der Waals surface area contributed by atoms with Crippen molar-refractivity contribution in [3.8, 4) is 0 Å². The predicted octanol–water partition coefficient (Wildman–Crippen LogP) is 4.29. The maximum atomic E-state index is 12.7. The van der Waals surface area contributed by atoms with Gasteiger partial charge in [-0.3, -0.25) is 9.52 Å². The molecule has 0 heterocycles. The van der Waals surface area contributed by atoms with Gasteiger partial charge in [-0.05, 0) is 62.6 Å². The molecule has 2 aromatic rings. The Bertz CT molecular complexity index is 903. The Balaban J connectivity index is 2.33. The highest BCUT2D eigenvalue weighted by Crippen LogP contribution is 2.29. The van der Waals surface area contributed by atoms with Crippen LogP contribution >= 0.6 is 11.6 Å². The monoisotopic (exact) mass is 394 g/mol. The summed E-state index contributed by atoms with van der Waals surface area (Å²) in [4.78, 5) is 12.3. The van der Waals surface area contributed by atoms with E-state index in [0.29, 0.717) is 16.3 Å². The Kier molecular flexibility index (Phi) is 6.31. The van der Waals surface area contributed by atoms with Gasteiger partial charge in [0.05, 0.1) is 15.6 Å². The van der Waals surface area contributed by atoms with Gasteiger partial charge in [0.2, 0.25) is 0 Å². The van der Waals surface area contributed by atoms with Crippen molar-refractivity contribution in [2.75, 3.05) is 4.72 Å². The number of halogens is 1. The van der Waals surface area contributed by atoms with Crippen LogP contribution in [0.15, 0.2) is 41.3 Å². The number of hydrogen-bond donors (Lipinski definition) is 2. The number of hydrogen-bond acceptors (Lipinski definition) is 3. The molecule has 1 atom stereocenters. The first kappa shape index (κ1) is 20.3. The predicted molar refractivity (Wildman–Crippen MR) is 105 cm³/mol. The lowest BCUT2D eigenvalue weighted by molar-refractivity contribution is 0.0939. The maximum Gasteiger partial charge on any atom is 0.261 e. The topological polar surface area (TPSA) is 75.3 Å². The van der Waals surface area contributed by atoms with E-state index in [-0.39, 0.29) is 16.8 Å². The van der Waals surface area contributed by atoms with Crippen molar-refractivity contribution in [2.45, 2.75) is 45.1 Å². The van der Waals surface area contributed by atoms with Gasteiger partial charge in [-0.1, -0.05) is 30.7 Å². The minimum Gasteiger partial charge on any atom is -0.350 e. The summed E-state index contributed by atoms with van der Waals surface area (Å²) in [5.41, 5.74) is 2.30. The molecule has 0 aromatic heterocycles. The van der Waals surface area contributed by atoms with Crippen LogP contribution in [0, 0.1) is 13.8 Å². The van der Waals surface area contributed by atoms with Crippen molar-refractivity contribution < 1.29 is 13.2 Å². The average molecular weight is 395 g/mol. The van der Waals surface area contributed by atoms with Crippen molar-refractivity contribution in [1.29, 1.82) is 0 Å². The third-order valence-electron chi connectivity index (χ3n) is 4.06. The molecular weight excluding hydrogens is 372 g/mol. The van der Waals surface area contributed by atoms with Crippen LogP contribution in [0.25, 0.3) is 0 Å². The van der Waals surface area contributed by atoms with Crippen molar-refractivity contribution in [1.82, 2.24) is 5.32 Å². The second-order valence-corrected chi connectivity index (χ2v) is 8.44. The second-order valence-electron chi connectivity index (χ2n) is 6.35. The number of carbonyl (C=O) groups excluding carboxylic acids is 1. The van der Waals surface area contributed by atoms with Crippen LogP contribution in [0.3, 0.4) is 0 Å². The fourth-order valence-corrected chi connectivity index (χ4v) is 4.07. The zero-order valence-corrected chi connectivity index (χ0v) is 16.8. The molecule has 0 saturated carbocycles. The van der Waals surface area contributed by atoms with Crippen molar-refractivity contribution in [2.24, 2.45) is 0 Å². The van der Waals surface area contributed by atoms with E-state index < -0.39 is 10.0 Å². The van der Waals surface area contributed by atoms with Crippen LogP contribution in [-0.4, -0.2) is 20.4 Å². The van der Waals surface area contributed by atoms with Gasteiger partial charge < -0.3 is 5.32 Å². The van der Waals surface area contributed by atoms with Crippen molar-refractivity contribution in [3.63, 3.8) is 0 Å². The summed E-state index contributed by atoms with van der Waals surface area (Å²) in [7, 11) is -3.88. The van der Waals surface area contributed by atoms with E-state index in [9.17, 15) is 13.2 Å². The normalized spacial score (nSPS) is 12.5. The number of aryl methyl sites for hydroxylation is 2. The Hall–Kier alpha value is -2.05. The minimum atomic E-state index is -3.88. The van der Waals surface area contributed by atoms with Crippen molar-refractivity contribution in [3.05, 3.63) is 58.1 Å². The number of sulfonamides is 1. The molecule has 0 radical (unpaired) electrons. The highest BCUT2D eigenvalue weighted by atomic mass is 35.5. The van der Waals surface area contributed by atoms with Crippen LogP contribution < -0.4 is 10.0 Å². The van der Waals surface area contributed by atoms with Crippen LogP contribution in [0.5, 0.6) is 0 Å². The largest absolute Gasteiger partial charge is 0.350 e. The third-order valence-corrected chi connectivity index (χ3v) is 5.71. The quantitative estimate of drug-likeness (QED) is 0.767. The number of nitrogens with one attached hydrogen (secondary N) is 2. The van der Waals surface area contributed by atoms with E-state index in [1.54, 1.807) is 25.1 Å². The van der Waals surface area contributed by atoms with Crippen LogP contribution in [0.1, 0.15) is 41.8 Å². The molecule has 0 bridgehead atoms. The fourth-order valence-electron chi connectivity index (χ4n) is 2.45. The molecule has 1 unspecified atom stereocenters. The van der Waals surface area contributed by atoms with Gasteiger partial charge in [-0.25, -0.2) is 8.42 Å². The first-order valence-corrected chi connectivity index (χ1v) is 10.2. The molecule has 0 saturated heterocycles. The lowest BCUT2D eigenvalue weighted by Gasteiger charge is -2.14. The average Bonchev–Trinajstić information content (AvgIpc) is 2.58. The summed E-state index contributed by atoms with van der Waals surface area (Å²) in [5.74, 6) is -0.305. The van der Waals surface area contributed by atoms with E-state index in [1.165, 1.54) is 12.1 Å². The fraction of sp³-hybridized carbons (Fsp3) is 0.316. The number of carbonyl (C=O) groups is 1. The summed E-state index contributed by atoms with van der Waals surface area (Å²) in [6.45, 7) is 7.52. The Morgan fingerprint density at radius 1 is 1.19 bits per heavy atom. The molecule has 0 fully saturated rings. The Labute approximate surface area is 159 Å². The van der Waals surface area contributed by atoms with Gasteiger partial charge in [-0.15, -0.1) is 0 Å². The van der Waals surface area contributed by atoms with Gasteiger partial charge >= 0.3 is 0 Å². The Morgan fingerprint density at radius 3 is 2.50 bits per heavy atom. The van der Waals surface area contributed by atoms with Crippen LogP contribution in [-0.2, 0) is 10.0 Å². The summed E-state index contributed by atoms with van der Waals surface area (Å²) in [6.07, 6.45) is 0.788. The van der Waals surface area contributed by atoms with Gasteiger partial charge in [-0.2, -0.15) is 0 Å². The highest BCUT2D eigenvalue weighted by molar-refractivity contribution is 7.92. The molecule has 2 aromatic carbocycles. The van der Waals surface area contributed by atoms with E-state index in [4.69, 9.17) is 11.6 Å². The molecule has 5 nitrogen and oxygen atoms in total. The molecule has 2 rings (SSSR count). The summed E-state index contributed by atoms with van der Waals surface area (Å²) in [6, 6.07) is 9.49. The summed E-state index contributed by atoms with van der Waals surface area (Å²) < 4.78 is 28.0. The van der Waals surface area contributed by atoms with Crippen molar-refractivity contribution >= 4 is 33.2 Å². The zero-order valence-electron chi connectivity index (χ0n) is 15.3.